The molecule has 3 aromatic rings. The summed E-state index contributed by atoms with van der Waals surface area (Å²) >= 11 is 0. The maximum absolute atomic E-state index is 13.3. The van der Waals surface area contributed by atoms with Crippen LogP contribution in [0.1, 0.15) is 45.6 Å². The molecule has 0 radical (unpaired) electrons. The highest BCUT2D eigenvalue weighted by Gasteiger charge is 2.52. The minimum atomic E-state index is -0.706. The van der Waals surface area contributed by atoms with Crippen molar-refractivity contribution in [2.75, 3.05) is 0 Å². The van der Waals surface area contributed by atoms with Crippen molar-refractivity contribution in [2.24, 2.45) is 5.92 Å². The number of para-hydroxylation sites is 1. The normalized spacial score (nSPS) is 22.6. The summed E-state index contributed by atoms with van der Waals surface area (Å²) in [5, 5.41) is 14.7. The largest absolute Gasteiger partial charge is 0.456 e. The van der Waals surface area contributed by atoms with Gasteiger partial charge in [0.15, 0.2) is 0 Å². The Morgan fingerprint density at radius 3 is 2.71 bits per heavy atom. The summed E-state index contributed by atoms with van der Waals surface area (Å²) in [7, 11) is 0. The van der Waals surface area contributed by atoms with Gasteiger partial charge in [-0.15, -0.1) is 0 Å². The van der Waals surface area contributed by atoms with Crippen molar-refractivity contribution in [1.29, 1.82) is 5.26 Å². The molecule has 4 atom stereocenters. The second-order valence-corrected chi connectivity index (χ2v) is 10.4. The summed E-state index contributed by atoms with van der Waals surface area (Å²) in [6.45, 7) is 5.46. The van der Waals surface area contributed by atoms with Crippen LogP contribution < -0.4 is 5.32 Å². The number of nitriles is 1. The fraction of sp³-hybridized carbons (Fsp3) is 0.444. The average molecular weight is 460 g/mol. The fourth-order valence-corrected chi connectivity index (χ4v) is 5.42. The molecule has 2 aromatic carbocycles. The predicted octanol–water partition coefficient (Wildman–Crippen LogP) is 4.92. The molecule has 2 bridgehead atoms. The lowest BCUT2D eigenvalue weighted by molar-refractivity contribution is -0.128. The van der Waals surface area contributed by atoms with Crippen LogP contribution in [0.15, 0.2) is 46.9 Å². The third kappa shape index (κ3) is 4.09. The molecule has 2 amide bonds. The van der Waals surface area contributed by atoms with Crippen molar-refractivity contribution in [3.05, 3.63) is 48.0 Å². The molecular weight excluding hydrogens is 430 g/mol. The van der Waals surface area contributed by atoms with E-state index in [-0.39, 0.29) is 17.9 Å². The van der Waals surface area contributed by atoms with Crippen LogP contribution in [0.25, 0.3) is 21.9 Å². The van der Waals surface area contributed by atoms with E-state index in [1.54, 1.807) is 4.90 Å². The lowest BCUT2D eigenvalue weighted by Gasteiger charge is -2.35. The van der Waals surface area contributed by atoms with E-state index in [1.807, 2.05) is 63.2 Å². The number of fused-ring (bicyclic) bond motifs is 5. The number of piperidine rings is 1. The number of furan rings is 1. The van der Waals surface area contributed by atoms with Crippen molar-refractivity contribution < 1.29 is 18.7 Å². The van der Waals surface area contributed by atoms with Gasteiger partial charge in [-0.2, -0.15) is 5.26 Å². The molecule has 1 aliphatic carbocycles. The van der Waals surface area contributed by atoms with Crippen molar-refractivity contribution in [1.82, 2.24) is 10.2 Å². The average Bonchev–Trinajstić information content (AvgIpc) is 3.50. The number of carbonyl (C=O) groups excluding carboxylic acids is 2. The van der Waals surface area contributed by atoms with Gasteiger partial charge in [-0.3, -0.25) is 9.69 Å². The molecule has 2 fully saturated rings. The zero-order chi connectivity index (χ0) is 24.0. The Balaban J connectivity index is 1.32. The number of nitrogens with one attached hydrogen (secondary N) is 1. The van der Waals surface area contributed by atoms with Crippen LogP contribution in [-0.2, 0) is 16.0 Å². The maximum Gasteiger partial charge on any atom is 0.411 e. The van der Waals surface area contributed by atoms with E-state index < -0.39 is 23.8 Å². The standard InChI is InChI=1S/C27H29N3O4/c1-27(2,3)34-26(32)30-19-10-9-17(14-19)24(30)25(31)29-18(15-28)12-16-8-11-23-21(13-16)20-6-4-5-7-22(20)33-23/h4-8,11,13,17-19,24H,9-10,12,14H2,1-3H3,(H,29,31). The monoisotopic (exact) mass is 459 g/mol. The number of carbonyl (C=O) groups is 2. The number of hydrogen-bond acceptors (Lipinski definition) is 5. The first-order valence-electron chi connectivity index (χ1n) is 11.8. The zero-order valence-corrected chi connectivity index (χ0v) is 19.7. The van der Waals surface area contributed by atoms with Gasteiger partial charge in [0.2, 0.25) is 5.91 Å². The topological polar surface area (TPSA) is 95.6 Å². The Morgan fingerprint density at radius 1 is 1.18 bits per heavy atom. The van der Waals surface area contributed by atoms with Gasteiger partial charge in [-0.1, -0.05) is 24.3 Å². The summed E-state index contributed by atoms with van der Waals surface area (Å²) in [6, 6.07) is 14.6. The van der Waals surface area contributed by atoms with Crippen molar-refractivity contribution in [3.63, 3.8) is 0 Å². The number of ether oxygens (including phenoxy) is 1. The van der Waals surface area contributed by atoms with Gasteiger partial charge in [0.1, 0.15) is 28.9 Å². The second-order valence-electron chi connectivity index (χ2n) is 10.4. The minimum Gasteiger partial charge on any atom is -0.456 e. The molecule has 176 valence electrons. The third-order valence-electron chi connectivity index (χ3n) is 6.81. The number of hydrogen-bond donors (Lipinski definition) is 1. The van der Waals surface area contributed by atoms with Gasteiger partial charge in [-0.05, 0) is 69.7 Å². The predicted molar refractivity (Wildman–Crippen MR) is 128 cm³/mol. The van der Waals surface area contributed by atoms with Gasteiger partial charge in [0, 0.05) is 23.2 Å². The van der Waals surface area contributed by atoms with E-state index in [0.717, 1.165) is 46.8 Å². The van der Waals surface area contributed by atoms with E-state index in [2.05, 4.69) is 11.4 Å². The highest BCUT2D eigenvalue weighted by molar-refractivity contribution is 6.05. The van der Waals surface area contributed by atoms with Gasteiger partial charge in [0.25, 0.3) is 0 Å². The molecule has 1 aromatic heterocycles. The van der Waals surface area contributed by atoms with Crippen LogP contribution in [0.4, 0.5) is 4.79 Å². The molecule has 2 aliphatic rings. The van der Waals surface area contributed by atoms with Crippen molar-refractivity contribution in [3.8, 4) is 6.07 Å². The smallest absolute Gasteiger partial charge is 0.411 e. The molecule has 1 aliphatic heterocycles. The van der Waals surface area contributed by atoms with Gasteiger partial charge in [-0.25, -0.2) is 4.79 Å². The minimum absolute atomic E-state index is 0.0212. The number of likely N-dealkylation sites (tertiary alicyclic amines) is 1. The summed E-state index contributed by atoms with van der Waals surface area (Å²) in [5.41, 5.74) is 1.91. The lowest BCUT2D eigenvalue weighted by Crippen LogP contribution is -2.55. The third-order valence-corrected chi connectivity index (χ3v) is 6.81. The quantitative estimate of drug-likeness (QED) is 0.597. The van der Waals surface area contributed by atoms with E-state index >= 15 is 0 Å². The molecule has 5 rings (SSSR count). The molecule has 0 spiro atoms. The first kappa shape index (κ1) is 22.3. The Kier molecular flexibility index (Phi) is 5.47. The zero-order valence-electron chi connectivity index (χ0n) is 19.7. The summed E-state index contributed by atoms with van der Waals surface area (Å²) in [6.07, 6.45) is 2.51. The van der Waals surface area contributed by atoms with Crippen LogP contribution in [-0.4, -0.2) is 40.6 Å². The summed E-state index contributed by atoms with van der Waals surface area (Å²) < 4.78 is 11.5. The number of benzene rings is 2. The number of rotatable bonds is 4. The molecule has 2 heterocycles. The Bertz CT molecular complexity index is 1300. The molecule has 34 heavy (non-hydrogen) atoms. The molecule has 1 N–H and O–H groups in total. The summed E-state index contributed by atoms with van der Waals surface area (Å²) in [4.78, 5) is 27.8. The highest BCUT2D eigenvalue weighted by atomic mass is 16.6. The van der Waals surface area contributed by atoms with Crippen molar-refractivity contribution >= 4 is 33.9 Å². The fourth-order valence-electron chi connectivity index (χ4n) is 5.42. The second kappa shape index (κ2) is 8.35. The van der Waals surface area contributed by atoms with E-state index in [4.69, 9.17) is 9.15 Å². The van der Waals surface area contributed by atoms with Crippen LogP contribution >= 0.6 is 0 Å². The first-order valence-corrected chi connectivity index (χ1v) is 11.8. The van der Waals surface area contributed by atoms with Crippen LogP contribution in [0.2, 0.25) is 0 Å². The van der Waals surface area contributed by atoms with Crippen LogP contribution in [0.3, 0.4) is 0 Å². The Morgan fingerprint density at radius 2 is 1.94 bits per heavy atom. The number of amides is 2. The van der Waals surface area contributed by atoms with Crippen molar-refractivity contribution in [2.45, 2.75) is 70.2 Å². The SMILES string of the molecule is CC(C)(C)OC(=O)N1C2CCC(C2)C1C(=O)NC(C#N)Cc1ccc2oc3ccccc3c2c1. The molecule has 7 heteroatoms. The first-order chi connectivity index (χ1) is 16.2. The Labute approximate surface area is 198 Å². The summed E-state index contributed by atoms with van der Waals surface area (Å²) in [5.74, 6) is -0.176. The van der Waals surface area contributed by atoms with E-state index in [9.17, 15) is 14.9 Å². The lowest BCUT2D eigenvalue weighted by atomic mass is 9.97. The van der Waals surface area contributed by atoms with E-state index in [0.29, 0.717) is 6.42 Å². The molecule has 4 unspecified atom stereocenters. The number of nitrogens with zero attached hydrogens (tertiary/aromatic N) is 2. The van der Waals surface area contributed by atoms with Crippen LogP contribution in [0, 0.1) is 17.2 Å². The molecule has 7 nitrogen and oxygen atoms in total. The van der Waals surface area contributed by atoms with Gasteiger partial charge in [0.05, 0.1) is 6.07 Å². The molecular formula is C27H29N3O4. The van der Waals surface area contributed by atoms with Crippen LogP contribution in [0.5, 0.6) is 0 Å². The molecule has 1 saturated carbocycles. The molecule has 1 saturated heterocycles. The highest BCUT2D eigenvalue weighted by Crippen LogP contribution is 2.43. The van der Waals surface area contributed by atoms with E-state index in [1.165, 1.54) is 0 Å². The van der Waals surface area contributed by atoms with Gasteiger partial charge >= 0.3 is 6.09 Å². The van der Waals surface area contributed by atoms with Gasteiger partial charge < -0.3 is 14.5 Å². The maximum atomic E-state index is 13.3. The Hall–Kier alpha value is -3.53.